The van der Waals surface area contributed by atoms with Crippen molar-refractivity contribution in [1.82, 2.24) is 4.72 Å². The van der Waals surface area contributed by atoms with E-state index in [4.69, 9.17) is 10.8 Å². The number of hydrogen-bond acceptors (Lipinski definition) is 4. The van der Waals surface area contributed by atoms with Crippen LogP contribution in [-0.4, -0.2) is 32.6 Å². The minimum absolute atomic E-state index is 0.0122. The van der Waals surface area contributed by atoms with Crippen LogP contribution in [0.3, 0.4) is 0 Å². The average molecular weight is 287 g/mol. The number of anilines is 2. The molecule has 0 aliphatic heterocycles. The summed E-state index contributed by atoms with van der Waals surface area (Å²) in [5, 5.41) is 8.84. The molecule has 0 heterocycles. The van der Waals surface area contributed by atoms with Crippen molar-refractivity contribution in [1.29, 1.82) is 0 Å². The Kier molecular flexibility index (Phi) is 4.73. The number of aromatic carboxylic acids is 1. The summed E-state index contributed by atoms with van der Waals surface area (Å²) in [6.45, 7) is 3.78. The lowest BCUT2D eigenvalue weighted by Gasteiger charge is -2.24. The second-order valence-corrected chi connectivity index (χ2v) is 5.43. The van der Waals surface area contributed by atoms with Crippen molar-refractivity contribution in [3.8, 4) is 0 Å². The minimum Gasteiger partial charge on any atom is -0.478 e. The molecule has 0 radical (unpaired) electrons. The van der Waals surface area contributed by atoms with Gasteiger partial charge in [-0.05, 0) is 25.1 Å². The van der Waals surface area contributed by atoms with Gasteiger partial charge in [0.05, 0.1) is 16.9 Å². The van der Waals surface area contributed by atoms with Crippen LogP contribution in [0.1, 0.15) is 24.2 Å². The standard InChI is InChI=1S/C11H17N3O4S/c1-3-13-19(17,18)14(4-2)10-6-5-8(11(15)16)7-9(10)12/h5-7,13H,3-4,12H2,1-2H3,(H,15,16). The normalized spacial score (nSPS) is 11.3. The third-order valence-electron chi connectivity index (χ3n) is 2.45. The van der Waals surface area contributed by atoms with Gasteiger partial charge in [0.15, 0.2) is 0 Å². The summed E-state index contributed by atoms with van der Waals surface area (Å²) in [6, 6.07) is 3.94. The predicted octanol–water partition coefficient (Wildman–Crippen LogP) is 0.648. The average Bonchev–Trinajstić information content (AvgIpc) is 2.31. The zero-order chi connectivity index (χ0) is 14.6. The lowest BCUT2D eigenvalue weighted by Crippen LogP contribution is -2.41. The van der Waals surface area contributed by atoms with Gasteiger partial charge >= 0.3 is 16.2 Å². The number of carbonyl (C=O) groups is 1. The fraction of sp³-hybridized carbons (Fsp3) is 0.364. The maximum absolute atomic E-state index is 12.0. The number of carboxylic acids is 1. The molecule has 19 heavy (non-hydrogen) atoms. The first-order chi connectivity index (χ1) is 8.83. The van der Waals surface area contributed by atoms with Crippen LogP contribution < -0.4 is 14.8 Å². The van der Waals surface area contributed by atoms with Gasteiger partial charge in [0.1, 0.15) is 0 Å². The molecule has 4 N–H and O–H groups in total. The molecule has 106 valence electrons. The van der Waals surface area contributed by atoms with Crippen molar-refractivity contribution in [2.75, 3.05) is 23.1 Å². The Labute approximate surface area is 112 Å². The molecule has 0 unspecified atom stereocenters. The molecule has 0 aromatic heterocycles. The van der Waals surface area contributed by atoms with Gasteiger partial charge in [0.2, 0.25) is 0 Å². The molecule has 0 amide bonds. The molecular weight excluding hydrogens is 270 g/mol. The fourth-order valence-electron chi connectivity index (χ4n) is 1.64. The van der Waals surface area contributed by atoms with Crippen molar-refractivity contribution in [3.63, 3.8) is 0 Å². The monoisotopic (exact) mass is 287 g/mol. The van der Waals surface area contributed by atoms with Crippen LogP contribution in [0.4, 0.5) is 11.4 Å². The first-order valence-corrected chi connectivity index (χ1v) is 7.17. The number of benzene rings is 1. The molecular formula is C11H17N3O4S. The number of nitrogens with two attached hydrogens (primary N) is 1. The number of hydrogen-bond donors (Lipinski definition) is 3. The molecule has 1 aromatic carbocycles. The van der Waals surface area contributed by atoms with Gasteiger partial charge in [-0.3, -0.25) is 4.31 Å². The Balaban J connectivity index is 3.24. The molecule has 0 fully saturated rings. The Bertz CT molecular complexity index is 571. The molecule has 7 nitrogen and oxygen atoms in total. The summed E-state index contributed by atoms with van der Waals surface area (Å²) < 4.78 is 27.4. The number of nitrogens with zero attached hydrogens (tertiary/aromatic N) is 1. The van der Waals surface area contributed by atoms with E-state index in [2.05, 4.69) is 4.72 Å². The Morgan fingerprint density at radius 2 is 2.05 bits per heavy atom. The number of nitrogen functional groups attached to an aromatic ring is 1. The zero-order valence-corrected chi connectivity index (χ0v) is 11.6. The van der Waals surface area contributed by atoms with E-state index >= 15 is 0 Å². The highest BCUT2D eigenvalue weighted by molar-refractivity contribution is 7.90. The highest BCUT2D eigenvalue weighted by Crippen LogP contribution is 2.26. The zero-order valence-electron chi connectivity index (χ0n) is 10.8. The summed E-state index contributed by atoms with van der Waals surface area (Å²) in [7, 11) is -3.68. The highest BCUT2D eigenvalue weighted by Gasteiger charge is 2.22. The van der Waals surface area contributed by atoms with Crippen molar-refractivity contribution < 1.29 is 18.3 Å². The molecule has 0 bridgehead atoms. The van der Waals surface area contributed by atoms with Gasteiger partial charge in [-0.1, -0.05) is 6.92 Å². The van der Waals surface area contributed by atoms with Crippen LogP contribution >= 0.6 is 0 Å². The molecule has 1 rings (SSSR count). The van der Waals surface area contributed by atoms with Crippen LogP contribution in [0, 0.1) is 0 Å². The Morgan fingerprint density at radius 3 is 2.47 bits per heavy atom. The van der Waals surface area contributed by atoms with Gasteiger partial charge in [-0.15, -0.1) is 0 Å². The van der Waals surface area contributed by atoms with Crippen LogP contribution in [0.25, 0.3) is 0 Å². The smallest absolute Gasteiger partial charge is 0.335 e. The van der Waals surface area contributed by atoms with E-state index < -0.39 is 16.2 Å². The van der Waals surface area contributed by atoms with Crippen molar-refractivity contribution in [3.05, 3.63) is 23.8 Å². The van der Waals surface area contributed by atoms with Gasteiger partial charge in [0.25, 0.3) is 0 Å². The predicted molar refractivity (Wildman–Crippen MR) is 73.4 cm³/mol. The van der Waals surface area contributed by atoms with E-state index in [-0.39, 0.29) is 30.0 Å². The van der Waals surface area contributed by atoms with Crippen molar-refractivity contribution in [2.24, 2.45) is 0 Å². The third-order valence-corrected chi connectivity index (χ3v) is 4.14. The summed E-state index contributed by atoms with van der Waals surface area (Å²) in [5.74, 6) is -1.11. The molecule has 0 atom stereocenters. The van der Waals surface area contributed by atoms with E-state index in [0.717, 1.165) is 4.31 Å². The molecule has 0 aliphatic carbocycles. The van der Waals surface area contributed by atoms with Crippen LogP contribution in [0.15, 0.2) is 18.2 Å². The number of rotatable bonds is 6. The van der Waals surface area contributed by atoms with E-state index in [0.29, 0.717) is 0 Å². The second-order valence-electron chi connectivity index (χ2n) is 3.75. The van der Waals surface area contributed by atoms with Gasteiger partial charge in [-0.25, -0.2) is 4.79 Å². The molecule has 0 spiro atoms. The molecule has 0 saturated carbocycles. The molecule has 1 aromatic rings. The summed E-state index contributed by atoms with van der Waals surface area (Å²) in [6.07, 6.45) is 0. The SMILES string of the molecule is CCNS(=O)(=O)N(CC)c1ccc(C(=O)O)cc1N. The van der Waals surface area contributed by atoms with E-state index in [1.54, 1.807) is 13.8 Å². The summed E-state index contributed by atoms with van der Waals surface area (Å²) in [5.41, 5.74) is 6.10. The lowest BCUT2D eigenvalue weighted by molar-refractivity contribution is 0.0697. The highest BCUT2D eigenvalue weighted by atomic mass is 32.2. The Morgan fingerprint density at radius 1 is 1.42 bits per heavy atom. The third kappa shape index (κ3) is 3.36. The van der Waals surface area contributed by atoms with Crippen molar-refractivity contribution in [2.45, 2.75) is 13.8 Å². The van der Waals surface area contributed by atoms with Crippen LogP contribution in [0.2, 0.25) is 0 Å². The molecule has 8 heteroatoms. The maximum Gasteiger partial charge on any atom is 0.335 e. The number of nitrogens with one attached hydrogen (secondary N) is 1. The lowest BCUT2D eigenvalue weighted by atomic mass is 10.2. The van der Waals surface area contributed by atoms with Crippen molar-refractivity contribution >= 4 is 27.6 Å². The summed E-state index contributed by atoms with van der Waals surface area (Å²) in [4.78, 5) is 10.8. The maximum atomic E-state index is 12.0. The van der Waals surface area contributed by atoms with Gasteiger partial charge < -0.3 is 10.8 Å². The second kappa shape index (κ2) is 5.89. The van der Waals surface area contributed by atoms with Crippen LogP contribution in [-0.2, 0) is 10.2 Å². The van der Waals surface area contributed by atoms with E-state index in [9.17, 15) is 13.2 Å². The quantitative estimate of drug-likeness (QED) is 0.665. The fourth-order valence-corrected chi connectivity index (χ4v) is 2.93. The van der Waals surface area contributed by atoms with E-state index in [1.807, 2.05) is 0 Å². The summed E-state index contributed by atoms with van der Waals surface area (Å²) >= 11 is 0. The van der Waals surface area contributed by atoms with Gasteiger partial charge in [0, 0.05) is 13.1 Å². The Hall–Kier alpha value is -1.80. The first-order valence-electron chi connectivity index (χ1n) is 5.73. The molecule has 0 saturated heterocycles. The minimum atomic E-state index is -3.68. The number of carboxylic acid groups (broad SMARTS) is 1. The van der Waals surface area contributed by atoms with Crippen LogP contribution in [0.5, 0.6) is 0 Å². The van der Waals surface area contributed by atoms with Gasteiger partial charge in [-0.2, -0.15) is 13.1 Å². The first kappa shape index (κ1) is 15.3. The van der Waals surface area contributed by atoms with E-state index in [1.165, 1.54) is 18.2 Å². The largest absolute Gasteiger partial charge is 0.478 e. The topological polar surface area (TPSA) is 113 Å². The molecule has 0 aliphatic rings.